The van der Waals surface area contributed by atoms with Crippen LogP contribution in [0.4, 0.5) is 0 Å². The summed E-state index contributed by atoms with van der Waals surface area (Å²) >= 11 is 1.35. The summed E-state index contributed by atoms with van der Waals surface area (Å²) in [6.45, 7) is 1.70. The Morgan fingerprint density at radius 2 is 2.05 bits per heavy atom. The van der Waals surface area contributed by atoms with Crippen LogP contribution in [0.5, 0.6) is 0 Å². The van der Waals surface area contributed by atoms with Gasteiger partial charge in [-0.15, -0.1) is 11.3 Å². The summed E-state index contributed by atoms with van der Waals surface area (Å²) < 4.78 is 5.12. The molecule has 0 saturated heterocycles. The molecule has 1 saturated carbocycles. The average molecular weight is 295 g/mol. The van der Waals surface area contributed by atoms with Gasteiger partial charge in [-0.3, -0.25) is 4.79 Å². The SMILES string of the molecule is Cc1ccsc1C(=O)OCC(=O)N(C)C1CCCCC1. The molecule has 0 N–H and O–H groups in total. The van der Waals surface area contributed by atoms with Crippen molar-refractivity contribution in [2.24, 2.45) is 0 Å². The Labute approximate surface area is 123 Å². The summed E-state index contributed by atoms with van der Waals surface area (Å²) in [5, 5.41) is 1.85. The van der Waals surface area contributed by atoms with Crippen LogP contribution in [0.3, 0.4) is 0 Å². The van der Waals surface area contributed by atoms with E-state index in [-0.39, 0.29) is 12.5 Å². The lowest BCUT2D eigenvalue weighted by molar-refractivity contribution is -0.135. The van der Waals surface area contributed by atoms with Crippen LogP contribution in [0.25, 0.3) is 0 Å². The van der Waals surface area contributed by atoms with Gasteiger partial charge in [0.05, 0.1) is 0 Å². The Morgan fingerprint density at radius 3 is 2.65 bits per heavy atom. The third-order valence-electron chi connectivity index (χ3n) is 3.89. The van der Waals surface area contributed by atoms with E-state index in [2.05, 4.69) is 0 Å². The number of esters is 1. The smallest absolute Gasteiger partial charge is 0.349 e. The number of carbonyl (C=O) groups excluding carboxylic acids is 2. The number of amides is 1. The second-order valence-corrected chi connectivity index (χ2v) is 6.22. The predicted octanol–water partition coefficient (Wildman–Crippen LogP) is 3.00. The number of rotatable bonds is 4. The minimum absolute atomic E-state index is 0.112. The largest absolute Gasteiger partial charge is 0.451 e. The van der Waals surface area contributed by atoms with E-state index in [1.165, 1.54) is 30.6 Å². The Kier molecular flexibility index (Phi) is 5.17. The quantitative estimate of drug-likeness (QED) is 0.802. The molecule has 1 aromatic rings. The highest BCUT2D eigenvalue weighted by Crippen LogP contribution is 2.22. The van der Waals surface area contributed by atoms with E-state index in [4.69, 9.17) is 4.74 Å². The molecule has 0 aliphatic heterocycles. The van der Waals surface area contributed by atoms with Gasteiger partial charge in [0.1, 0.15) is 4.88 Å². The van der Waals surface area contributed by atoms with E-state index in [0.29, 0.717) is 10.9 Å². The third kappa shape index (κ3) is 3.60. The molecule has 0 aromatic carbocycles. The highest BCUT2D eigenvalue weighted by Gasteiger charge is 2.23. The molecular formula is C15H21NO3S. The molecule has 1 aliphatic rings. The van der Waals surface area contributed by atoms with Gasteiger partial charge in [0, 0.05) is 13.1 Å². The topological polar surface area (TPSA) is 46.6 Å². The molecule has 20 heavy (non-hydrogen) atoms. The molecule has 4 nitrogen and oxygen atoms in total. The number of thiophene rings is 1. The van der Waals surface area contributed by atoms with Crippen LogP contribution in [-0.2, 0) is 9.53 Å². The zero-order chi connectivity index (χ0) is 14.5. The fourth-order valence-corrected chi connectivity index (χ4v) is 3.37. The summed E-state index contributed by atoms with van der Waals surface area (Å²) in [7, 11) is 1.81. The molecule has 5 heteroatoms. The van der Waals surface area contributed by atoms with Gasteiger partial charge in [0.2, 0.25) is 0 Å². The summed E-state index contributed by atoms with van der Waals surface area (Å²) in [5.74, 6) is -0.512. The number of carbonyl (C=O) groups is 2. The molecule has 1 heterocycles. The molecule has 1 amide bonds. The summed E-state index contributed by atoms with van der Waals surface area (Å²) in [6, 6.07) is 2.18. The van der Waals surface area contributed by atoms with E-state index in [1.807, 2.05) is 25.4 Å². The van der Waals surface area contributed by atoms with Crippen molar-refractivity contribution in [2.75, 3.05) is 13.7 Å². The van der Waals surface area contributed by atoms with Crippen LogP contribution in [-0.4, -0.2) is 36.5 Å². The van der Waals surface area contributed by atoms with Crippen molar-refractivity contribution in [2.45, 2.75) is 45.1 Å². The Morgan fingerprint density at radius 1 is 1.35 bits per heavy atom. The molecule has 0 unspecified atom stereocenters. The van der Waals surface area contributed by atoms with E-state index in [1.54, 1.807) is 4.90 Å². The third-order valence-corrected chi connectivity index (χ3v) is 4.89. The van der Waals surface area contributed by atoms with Gasteiger partial charge in [-0.1, -0.05) is 19.3 Å². The first kappa shape index (κ1) is 15.0. The van der Waals surface area contributed by atoms with Crippen LogP contribution >= 0.6 is 11.3 Å². The minimum atomic E-state index is -0.400. The number of hydrogen-bond acceptors (Lipinski definition) is 4. The predicted molar refractivity (Wildman–Crippen MR) is 79.0 cm³/mol. The number of ether oxygens (including phenoxy) is 1. The first-order valence-corrected chi connectivity index (χ1v) is 7.94. The molecule has 1 aliphatic carbocycles. The second kappa shape index (κ2) is 6.88. The second-order valence-electron chi connectivity index (χ2n) is 5.31. The Balaban J connectivity index is 1.82. The monoisotopic (exact) mass is 295 g/mol. The molecule has 0 radical (unpaired) electrons. The lowest BCUT2D eigenvalue weighted by atomic mass is 9.94. The van der Waals surface area contributed by atoms with Crippen molar-refractivity contribution in [3.63, 3.8) is 0 Å². The Hall–Kier alpha value is -1.36. The summed E-state index contributed by atoms with van der Waals surface area (Å²) in [5.41, 5.74) is 0.896. The first-order chi connectivity index (χ1) is 9.59. The standard InChI is InChI=1S/C15H21NO3S/c1-11-8-9-20-14(11)15(18)19-10-13(17)16(2)12-6-4-3-5-7-12/h8-9,12H,3-7,10H2,1-2H3. The fraction of sp³-hybridized carbons (Fsp3) is 0.600. The maximum absolute atomic E-state index is 12.1. The normalized spacial score (nSPS) is 15.9. The van der Waals surface area contributed by atoms with Crippen LogP contribution in [0.15, 0.2) is 11.4 Å². The van der Waals surface area contributed by atoms with E-state index in [9.17, 15) is 9.59 Å². The molecule has 110 valence electrons. The molecule has 1 fully saturated rings. The summed E-state index contributed by atoms with van der Waals surface area (Å²) in [6.07, 6.45) is 5.72. The van der Waals surface area contributed by atoms with Crippen molar-refractivity contribution in [3.8, 4) is 0 Å². The van der Waals surface area contributed by atoms with Crippen LogP contribution in [0.1, 0.15) is 47.3 Å². The Bertz CT molecular complexity index is 477. The van der Waals surface area contributed by atoms with Gasteiger partial charge in [-0.25, -0.2) is 4.79 Å². The van der Waals surface area contributed by atoms with Gasteiger partial charge in [-0.2, -0.15) is 0 Å². The highest BCUT2D eigenvalue weighted by molar-refractivity contribution is 7.12. The first-order valence-electron chi connectivity index (χ1n) is 7.06. The minimum Gasteiger partial charge on any atom is -0.451 e. The molecule has 0 bridgehead atoms. The van der Waals surface area contributed by atoms with Gasteiger partial charge in [0.15, 0.2) is 6.61 Å². The number of hydrogen-bond donors (Lipinski definition) is 0. The molecule has 2 rings (SSSR count). The maximum Gasteiger partial charge on any atom is 0.349 e. The van der Waals surface area contributed by atoms with Crippen molar-refractivity contribution in [1.29, 1.82) is 0 Å². The van der Waals surface area contributed by atoms with Gasteiger partial charge < -0.3 is 9.64 Å². The number of aryl methyl sites for hydroxylation is 1. The van der Waals surface area contributed by atoms with E-state index < -0.39 is 5.97 Å². The van der Waals surface area contributed by atoms with Crippen molar-refractivity contribution >= 4 is 23.2 Å². The van der Waals surface area contributed by atoms with E-state index in [0.717, 1.165) is 18.4 Å². The average Bonchev–Trinajstić information content (AvgIpc) is 2.90. The summed E-state index contributed by atoms with van der Waals surface area (Å²) in [4.78, 5) is 26.2. The van der Waals surface area contributed by atoms with Gasteiger partial charge in [-0.05, 0) is 36.8 Å². The molecule has 0 spiro atoms. The van der Waals surface area contributed by atoms with Crippen LogP contribution in [0.2, 0.25) is 0 Å². The maximum atomic E-state index is 12.1. The van der Waals surface area contributed by atoms with E-state index >= 15 is 0 Å². The lowest BCUT2D eigenvalue weighted by Crippen LogP contribution is -2.40. The van der Waals surface area contributed by atoms with Crippen molar-refractivity contribution in [3.05, 3.63) is 21.9 Å². The number of nitrogens with zero attached hydrogens (tertiary/aromatic N) is 1. The molecule has 1 aromatic heterocycles. The lowest BCUT2D eigenvalue weighted by Gasteiger charge is -2.31. The van der Waals surface area contributed by atoms with Gasteiger partial charge in [0.25, 0.3) is 5.91 Å². The molecular weight excluding hydrogens is 274 g/mol. The fourth-order valence-electron chi connectivity index (χ4n) is 2.55. The molecule has 0 atom stereocenters. The van der Waals surface area contributed by atoms with Crippen molar-refractivity contribution < 1.29 is 14.3 Å². The zero-order valence-corrected chi connectivity index (χ0v) is 12.9. The number of likely N-dealkylation sites (N-methyl/N-ethyl adjacent to an activating group) is 1. The zero-order valence-electron chi connectivity index (χ0n) is 12.1. The van der Waals surface area contributed by atoms with Crippen LogP contribution in [0, 0.1) is 6.92 Å². The van der Waals surface area contributed by atoms with Crippen molar-refractivity contribution in [1.82, 2.24) is 4.90 Å². The highest BCUT2D eigenvalue weighted by atomic mass is 32.1. The van der Waals surface area contributed by atoms with Gasteiger partial charge >= 0.3 is 5.97 Å². The van der Waals surface area contributed by atoms with Crippen LogP contribution < -0.4 is 0 Å².